The predicted molar refractivity (Wildman–Crippen MR) is 124 cm³/mol. The molecule has 3 N–H and O–H groups in total. The van der Waals surface area contributed by atoms with Gasteiger partial charge < -0.3 is 25.1 Å². The highest BCUT2D eigenvalue weighted by molar-refractivity contribution is 5.84. The van der Waals surface area contributed by atoms with Gasteiger partial charge in [0.15, 0.2) is 0 Å². The first-order valence-electron chi connectivity index (χ1n) is 10.5. The summed E-state index contributed by atoms with van der Waals surface area (Å²) in [4.78, 5) is 19.9. The zero-order chi connectivity index (χ0) is 22.3. The van der Waals surface area contributed by atoms with Crippen molar-refractivity contribution in [2.45, 2.75) is 19.9 Å². The number of aryl methyl sites for hydroxylation is 1. The number of aromatic amines is 1. The number of methoxy groups -OCH3 is 1. The molecule has 0 aliphatic heterocycles. The second kappa shape index (κ2) is 9.87. The van der Waals surface area contributed by atoms with E-state index in [0.29, 0.717) is 24.7 Å². The molecule has 4 rings (SSSR count). The summed E-state index contributed by atoms with van der Waals surface area (Å²) in [7, 11) is 1.62. The summed E-state index contributed by atoms with van der Waals surface area (Å²) in [6.07, 6.45) is 2.42. The predicted octanol–water partition coefficient (Wildman–Crippen LogP) is 4.71. The molecular formula is C25H26N4O3. The number of para-hydroxylation sites is 1. The molecule has 0 bridgehead atoms. The van der Waals surface area contributed by atoms with E-state index in [0.717, 1.165) is 28.9 Å². The Labute approximate surface area is 186 Å². The molecular weight excluding hydrogens is 404 g/mol. The number of carbonyl (C=O) groups excluding carboxylic acids is 1. The normalized spacial score (nSPS) is 10.7. The standard InChI is InChI=1S/C25H26N4O3/c1-17-21(22-5-3-4-6-23(22)29-17)12-14-27-25(30)28-16-18-11-13-26-24(15-18)32-20-9-7-19(31-2)8-10-20/h3-11,13,15,29H,12,14,16H2,1-2H3,(H2,27,28,30). The van der Waals surface area contributed by atoms with E-state index in [1.807, 2.05) is 42.5 Å². The van der Waals surface area contributed by atoms with Crippen LogP contribution in [0.5, 0.6) is 17.4 Å². The molecule has 2 aromatic carbocycles. The molecule has 4 aromatic rings. The number of ether oxygens (including phenoxy) is 2. The zero-order valence-corrected chi connectivity index (χ0v) is 18.1. The highest BCUT2D eigenvalue weighted by Crippen LogP contribution is 2.23. The average Bonchev–Trinajstić information content (AvgIpc) is 3.13. The van der Waals surface area contributed by atoms with Crippen LogP contribution in [0.3, 0.4) is 0 Å². The number of rotatable bonds is 8. The van der Waals surface area contributed by atoms with Gasteiger partial charge in [-0.25, -0.2) is 9.78 Å². The van der Waals surface area contributed by atoms with Gasteiger partial charge >= 0.3 is 6.03 Å². The summed E-state index contributed by atoms with van der Waals surface area (Å²) in [6.45, 7) is 2.99. The molecule has 0 saturated heterocycles. The zero-order valence-electron chi connectivity index (χ0n) is 18.1. The van der Waals surface area contributed by atoms with E-state index in [1.165, 1.54) is 10.9 Å². The summed E-state index contributed by atoms with van der Waals surface area (Å²) in [5.41, 5.74) is 4.38. The Balaban J connectivity index is 1.26. The second-order valence-corrected chi connectivity index (χ2v) is 7.41. The minimum Gasteiger partial charge on any atom is -0.497 e. The third-order valence-corrected chi connectivity index (χ3v) is 5.22. The van der Waals surface area contributed by atoms with Crippen LogP contribution >= 0.6 is 0 Å². The Bertz CT molecular complexity index is 1200. The first-order valence-corrected chi connectivity index (χ1v) is 10.5. The second-order valence-electron chi connectivity index (χ2n) is 7.41. The van der Waals surface area contributed by atoms with Gasteiger partial charge in [-0.15, -0.1) is 0 Å². The fourth-order valence-corrected chi connectivity index (χ4v) is 3.58. The number of aromatic nitrogens is 2. The molecule has 0 saturated carbocycles. The number of fused-ring (bicyclic) bond motifs is 1. The lowest BCUT2D eigenvalue weighted by molar-refractivity contribution is 0.240. The first kappa shape index (κ1) is 21.2. The van der Waals surface area contributed by atoms with Gasteiger partial charge in [0.1, 0.15) is 11.5 Å². The van der Waals surface area contributed by atoms with Gasteiger partial charge in [0.25, 0.3) is 0 Å². The van der Waals surface area contributed by atoms with Crippen molar-refractivity contribution in [3.8, 4) is 17.4 Å². The van der Waals surface area contributed by atoms with Crippen LogP contribution in [-0.2, 0) is 13.0 Å². The molecule has 7 nitrogen and oxygen atoms in total. The molecule has 0 spiro atoms. The van der Waals surface area contributed by atoms with E-state index in [-0.39, 0.29) is 6.03 Å². The average molecular weight is 431 g/mol. The van der Waals surface area contributed by atoms with Gasteiger partial charge in [-0.2, -0.15) is 0 Å². The Morgan fingerprint density at radius 3 is 2.62 bits per heavy atom. The lowest BCUT2D eigenvalue weighted by Gasteiger charge is -2.10. The smallest absolute Gasteiger partial charge is 0.315 e. The SMILES string of the molecule is COc1ccc(Oc2cc(CNC(=O)NCCc3c(C)[nH]c4ccccc34)ccn2)cc1. The lowest BCUT2D eigenvalue weighted by Crippen LogP contribution is -2.36. The van der Waals surface area contributed by atoms with Gasteiger partial charge in [-0.05, 0) is 60.9 Å². The summed E-state index contributed by atoms with van der Waals surface area (Å²) in [5.74, 6) is 1.88. The Morgan fingerprint density at radius 2 is 1.81 bits per heavy atom. The van der Waals surface area contributed by atoms with Crippen molar-refractivity contribution in [3.05, 3.63) is 83.7 Å². The van der Waals surface area contributed by atoms with E-state index in [9.17, 15) is 4.79 Å². The Kier molecular flexibility index (Phi) is 6.55. The van der Waals surface area contributed by atoms with Crippen molar-refractivity contribution in [1.29, 1.82) is 0 Å². The number of pyridine rings is 1. The quantitative estimate of drug-likeness (QED) is 0.378. The summed E-state index contributed by atoms with van der Waals surface area (Å²) < 4.78 is 10.9. The van der Waals surface area contributed by atoms with Crippen LogP contribution in [0, 0.1) is 6.92 Å². The van der Waals surface area contributed by atoms with Crippen molar-refractivity contribution < 1.29 is 14.3 Å². The molecule has 0 radical (unpaired) electrons. The largest absolute Gasteiger partial charge is 0.497 e. The van der Waals surface area contributed by atoms with Crippen molar-refractivity contribution in [2.75, 3.05) is 13.7 Å². The summed E-state index contributed by atoms with van der Waals surface area (Å²) in [5, 5.41) is 7.01. The number of amides is 2. The minimum atomic E-state index is -0.211. The molecule has 32 heavy (non-hydrogen) atoms. The monoisotopic (exact) mass is 430 g/mol. The van der Waals surface area contributed by atoms with Gasteiger partial charge in [-0.3, -0.25) is 0 Å². The topological polar surface area (TPSA) is 88.3 Å². The Hall–Kier alpha value is -4.00. The Morgan fingerprint density at radius 1 is 1.03 bits per heavy atom. The molecule has 2 heterocycles. The number of nitrogens with zero attached hydrogens (tertiary/aromatic N) is 1. The number of hydrogen-bond donors (Lipinski definition) is 3. The third kappa shape index (κ3) is 5.18. The van der Waals surface area contributed by atoms with Gasteiger partial charge in [0.05, 0.1) is 7.11 Å². The molecule has 0 atom stereocenters. The van der Waals surface area contributed by atoms with Crippen molar-refractivity contribution in [2.24, 2.45) is 0 Å². The number of benzene rings is 2. The molecule has 0 fully saturated rings. The van der Waals surface area contributed by atoms with Crippen molar-refractivity contribution in [1.82, 2.24) is 20.6 Å². The maximum absolute atomic E-state index is 12.2. The van der Waals surface area contributed by atoms with E-state index < -0.39 is 0 Å². The fraction of sp³-hybridized carbons (Fsp3) is 0.200. The van der Waals surface area contributed by atoms with Crippen LogP contribution in [-0.4, -0.2) is 29.7 Å². The number of carbonyl (C=O) groups is 1. The number of H-pyrrole nitrogens is 1. The highest BCUT2D eigenvalue weighted by atomic mass is 16.5. The van der Waals surface area contributed by atoms with Crippen molar-refractivity contribution in [3.63, 3.8) is 0 Å². The number of urea groups is 1. The maximum atomic E-state index is 12.2. The highest BCUT2D eigenvalue weighted by Gasteiger charge is 2.09. The molecule has 0 aliphatic carbocycles. The van der Waals surface area contributed by atoms with Gasteiger partial charge in [0.2, 0.25) is 5.88 Å². The molecule has 0 unspecified atom stereocenters. The van der Waals surface area contributed by atoms with E-state index in [4.69, 9.17) is 9.47 Å². The van der Waals surface area contributed by atoms with Crippen LogP contribution in [0.2, 0.25) is 0 Å². The van der Waals surface area contributed by atoms with Crippen LogP contribution < -0.4 is 20.1 Å². The van der Waals surface area contributed by atoms with Crippen LogP contribution in [0.4, 0.5) is 4.79 Å². The third-order valence-electron chi connectivity index (χ3n) is 5.22. The van der Waals surface area contributed by atoms with Crippen molar-refractivity contribution >= 4 is 16.9 Å². The molecule has 2 amide bonds. The summed E-state index contributed by atoms with van der Waals surface area (Å²) >= 11 is 0. The minimum absolute atomic E-state index is 0.211. The first-order chi connectivity index (χ1) is 15.6. The fourth-order valence-electron chi connectivity index (χ4n) is 3.58. The number of nitrogens with one attached hydrogen (secondary N) is 3. The van der Waals surface area contributed by atoms with Crippen LogP contribution in [0.1, 0.15) is 16.8 Å². The van der Waals surface area contributed by atoms with Gasteiger partial charge in [-0.1, -0.05) is 18.2 Å². The van der Waals surface area contributed by atoms with Gasteiger partial charge in [0, 0.05) is 41.9 Å². The maximum Gasteiger partial charge on any atom is 0.315 e. The molecule has 0 aliphatic rings. The van der Waals surface area contributed by atoms with Crippen LogP contribution in [0.25, 0.3) is 10.9 Å². The van der Waals surface area contributed by atoms with E-state index >= 15 is 0 Å². The number of hydrogen-bond acceptors (Lipinski definition) is 4. The van der Waals surface area contributed by atoms with E-state index in [1.54, 1.807) is 19.4 Å². The summed E-state index contributed by atoms with van der Waals surface area (Å²) in [6, 6.07) is 18.9. The van der Waals surface area contributed by atoms with Crippen LogP contribution in [0.15, 0.2) is 66.9 Å². The lowest BCUT2D eigenvalue weighted by atomic mass is 10.1. The molecule has 2 aromatic heterocycles. The molecule has 164 valence electrons. The molecule has 7 heteroatoms. The van der Waals surface area contributed by atoms with E-state index in [2.05, 4.69) is 39.7 Å².